The predicted octanol–water partition coefficient (Wildman–Crippen LogP) is 5.07. The molecule has 1 fully saturated rings. The number of aryl methyl sites for hydroxylation is 1. The maximum Gasteiger partial charge on any atom is 0.248 e. The van der Waals surface area contributed by atoms with E-state index in [1.807, 2.05) is 61.5 Å². The molecule has 32 heavy (non-hydrogen) atoms. The second-order valence-corrected chi connectivity index (χ2v) is 8.75. The van der Waals surface area contributed by atoms with Gasteiger partial charge in [0.15, 0.2) is 0 Å². The lowest BCUT2D eigenvalue weighted by Gasteiger charge is -2.15. The fourth-order valence-electron chi connectivity index (χ4n) is 3.36. The van der Waals surface area contributed by atoms with Crippen LogP contribution in [0.1, 0.15) is 17.5 Å². The van der Waals surface area contributed by atoms with Crippen molar-refractivity contribution in [3.63, 3.8) is 0 Å². The van der Waals surface area contributed by atoms with Crippen LogP contribution in [0.15, 0.2) is 89.8 Å². The summed E-state index contributed by atoms with van der Waals surface area (Å²) in [5.41, 5.74) is 3.29. The van der Waals surface area contributed by atoms with Crippen LogP contribution >= 0.6 is 11.8 Å². The number of thioether (sulfide) groups is 1. The zero-order valence-electron chi connectivity index (χ0n) is 17.5. The quantitative estimate of drug-likeness (QED) is 0.428. The van der Waals surface area contributed by atoms with Crippen molar-refractivity contribution in [3.05, 3.63) is 96.1 Å². The van der Waals surface area contributed by atoms with E-state index in [9.17, 15) is 14.4 Å². The molecule has 0 spiro atoms. The summed E-state index contributed by atoms with van der Waals surface area (Å²) in [6.45, 7) is 1.96. The molecule has 0 bridgehead atoms. The molecular weight excluding hydrogens is 420 g/mol. The number of amides is 3. The van der Waals surface area contributed by atoms with Gasteiger partial charge in [-0.3, -0.25) is 14.4 Å². The van der Waals surface area contributed by atoms with Crippen LogP contribution in [-0.2, 0) is 14.4 Å². The lowest BCUT2D eigenvalue weighted by Crippen LogP contribution is -2.31. The van der Waals surface area contributed by atoms with Crippen molar-refractivity contribution < 1.29 is 14.4 Å². The first-order valence-corrected chi connectivity index (χ1v) is 11.1. The number of anilines is 2. The van der Waals surface area contributed by atoms with Crippen LogP contribution in [0.4, 0.5) is 11.4 Å². The van der Waals surface area contributed by atoms with E-state index < -0.39 is 5.25 Å². The van der Waals surface area contributed by atoms with Gasteiger partial charge in [-0.05, 0) is 55.0 Å². The summed E-state index contributed by atoms with van der Waals surface area (Å²) in [5.74, 6) is -0.614. The van der Waals surface area contributed by atoms with Gasteiger partial charge in [-0.1, -0.05) is 48.0 Å². The number of carbonyl (C=O) groups excluding carboxylic acids is 3. The zero-order valence-corrected chi connectivity index (χ0v) is 18.3. The summed E-state index contributed by atoms with van der Waals surface area (Å²) in [4.78, 5) is 39.5. The standard InChI is InChI=1S/C26H22N2O3S/c1-18-7-12-21(13-8-18)28-25(30)17-23(26(28)31)32-22-14-10-20(11-15-22)27-24(29)16-9-19-5-3-2-4-6-19/h2-16,23H,17H2,1H3,(H,27,29)/b16-9+. The lowest BCUT2D eigenvalue weighted by molar-refractivity contribution is -0.121. The normalized spacial score (nSPS) is 16.0. The highest BCUT2D eigenvalue weighted by atomic mass is 32.2. The van der Waals surface area contributed by atoms with E-state index in [0.29, 0.717) is 11.4 Å². The molecule has 3 aromatic carbocycles. The molecule has 4 rings (SSSR count). The molecule has 0 aliphatic carbocycles. The van der Waals surface area contributed by atoms with Crippen molar-refractivity contribution in [2.24, 2.45) is 0 Å². The molecule has 160 valence electrons. The molecular formula is C26H22N2O3S. The summed E-state index contributed by atoms with van der Waals surface area (Å²) in [6.07, 6.45) is 3.41. The first-order valence-electron chi connectivity index (χ1n) is 10.2. The van der Waals surface area contributed by atoms with E-state index in [1.54, 1.807) is 30.3 Å². The van der Waals surface area contributed by atoms with Gasteiger partial charge >= 0.3 is 0 Å². The predicted molar refractivity (Wildman–Crippen MR) is 128 cm³/mol. The summed E-state index contributed by atoms with van der Waals surface area (Å²) in [6, 6.07) is 24.2. The Morgan fingerprint density at radius 3 is 2.34 bits per heavy atom. The number of hydrogen-bond acceptors (Lipinski definition) is 4. The smallest absolute Gasteiger partial charge is 0.248 e. The summed E-state index contributed by atoms with van der Waals surface area (Å²) in [7, 11) is 0. The van der Waals surface area contributed by atoms with Crippen LogP contribution in [0.2, 0.25) is 0 Å². The molecule has 1 unspecified atom stereocenters. The van der Waals surface area contributed by atoms with Crippen LogP contribution in [0.3, 0.4) is 0 Å². The van der Waals surface area contributed by atoms with Gasteiger partial charge in [0, 0.05) is 23.1 Å². The third-order valence-corrected chi connectivity index (χ3v) is 6.22. The minimum absolute atomic E-state index is 0.167. The molecule has 0 aromatic heterocycles. The highest BCUT2D eigenvalue weighted by Crippen LogP contribution is 2.34. The molecule has 5 nitrogen and oxygen atoms in total. The molecule has 3 aromatic rings. The fourth-order valence-corrected chi connectivity index (χ4v) is 4.42. The van der Waals surface area contributed by atoms with E-state index in [0.717, 1.165) is 16.0 Å². The second-order valence-electron chi connectivity index (χ2n) is 7.47. The largest absolute Gasteiger partial charge is 0.323 e. The average Bonchev–Trinajstić information content (AvgIpc) is 3.08. The van der Waals surface area contributed by atoms with Crippen molar-refractivity contribution in [2.45, 2.75) is 23.5 Å². The topological polar surface area (TPSA) is 66.5 Å². The molecule has 3 amide bonds. The number of nitrogens with zero attached hydrogens (tertiary/aromatic N) is 1. The van der Waals surface area contributed by atoms with Gasteiger partial charge in [0.2, 0.25) is 17.7 Å². The molecule has 1 atom stereocenters. The van der Waals surface area contributed by atoms with Crippen molar-refractivity contribution in [2.75, 3.05) is 10.2 Å². The SMILES string of the molecule is Cc1ccc(N2C(=O)CC(Sc3ccc(NC(=O)/C=C/c4ccccc4)cc3)C2=O)cc1. The van der Waals surface area contributed by atoms with Crippen LogP contribution in [0, 0.1) is 6.92 Å². The molecule has 1 aliphatic heterocycles. The minimum atomic E-state index is -0.460. The monoisotopic (exact) mass is 442 g/mol. The Kier molecular flexibility index (Phi) is 6.52. The maximum absolute atomic E-state index is 12.8. The number of nitrogens with one attached hydrogen (secondary N) is 1. The van der Waals surface area contributed by atoms with E-state index in [2.05, 4.69) is 5.32 Å². The van der Waals surface area contributed by atoms with Gasteiger partial charge in [-0.15, -0.1) is 11.8 Å². The molecule has 0 saturated carbocycles. The molecule has 1 saturated heterocycles. The van der Waals surface area contributed by atoms with E-state index >= 15 is 0 Å². The summed E-state index contributed by atoms with van der Waals surface area (Å²) < 4.78 is 0. The molecule has 0 radical (unpaired) electrons. The Hall–Kier alpha value is -3.64. The van der Waals surface area contributed by atoms with Crippen LogP contribution in [-0.4, -0.2) is 23.0 Å². The van der Waals surface area contributed by atoms with Gasteiger partial charge in [-0.2, -0.15) is 0 Å². The van der Waals surface area contributed by atoms with E-state index in [1.165, 1.54) is 22.7 Å². The Balaban J connectivity index is 1.36. The second kappa shape index (κ2) is 9.66. The van der Waals surface area contributed by atoms with Crippen LogP contribution in [0.5, 0.6) is 0 Å². The lowest BCUT2D eigenvalue weighted by atomic mass is 10.2. The Bertz CT molecular complexity index is 1160. The summed E-state index contributed by atoms with van der Waals surface area (Å²) in [5, 5.41) is 2.36. The molecule has 6 heteroatoms. The Labute approximate surface area is 191 Å². The van der Waals surface area contributed by atoms with Gasteiger partial charge in [0.25, 0.3) is 0 Å². The molecule has 1 aliphatic rings. The minimum Gasteiger partial charge on any atom is -0.323 e. The van der Waals surface area contributed by atoms with E-state index in [4.69, 9.17) is 0 Å². The highest BCUT2D eigenvalue weighted by Gasteiger charge is 2.40. The fraction of sp³-hybridized carbons (Fsp3) is 0.115. The van der Waals surface area contributed by atoms with Gasteiger partial charge in [0.1, 0.15) is 0 Å². The number of imide groups is 1. The van der Waals surface area contributed by atoms with Crippen LogP contribution < -0.4 is 10.2 Å². The number of carbonyl (C=O) groups is 3. The first-order chi connectivity index (χ1) is 15.5. The van der Waals surface area contributed by atoms with Crippen LogP contribution in [0.25, 0.3) is 6.08 Å². The first kappa shape index (κ1) is 21.6. The van der Waals surface area contributed by atoms with Gasteiger partial charge in [-0.25, -0.2) is 4.90 Å². The number of rotatable bonds is 6. The maximum atomic E-state index is 12.8. The number of benzene rings is 3. The van der Waals surface area contributed by atoms with Gasteiger partial charge in [0.05, 0.1) is 10.9 Å². The Morgan fingerprint density at radius 2 is 1.66 bits per heavy atom. The van der Waals surface area contributed by atoms with Crippen molar-refractivity contribution in [1.82, 2.24) is 0 Å². The van der Waals surface area contributed by atoms with Crippen molar-refractivity contribution in [1.29, 1.82) is 0 Å². The van der Waals surface area contributed by atoms with Gasteiger partial charge < -0.3 is 5.32 Å². The number of hydrogen-bond donors (Lipinski definition) is 1. The van der Waals surface area contributed by atoms with E-state index in [-0.39, 0.29) is 24.1 Å². The highest BCUT2D eigenvalue weighted by molar-refractivity contribution is 8.00. The summed E-state index contributed by atoms with van der Waals surface area (Å²) >= 11 is 1.36. The van der Waals surface area contributed by atoms with Crippen molar-refractivity contribution in [3.8, 4) is 0 Å². The molecule has 1 N–H and O–H groups in total. The average molecular weight is 443 g/mol. The third-order valence-electron chi connectivity index (χ3n) is 5.02. The zero-order chi connectivity index (χ0) is 22.5. The van der Waals surface area contributed by atoms with Crippen molar-refractivity contribution >= 4 is 46.9 Å². The Morgan fingerprint density at radius 1 is 0.969 bits per heavy atom. The molecule has 1 heterocycles. The third kappa shape index (κ3) is 5.15.